The number of para-hydroxylation sites is 1. The van der Waals surface area contributed by atoms with Crippen LogP contribution in [0.15, 0.2) is 83.7 Å². The number of hydrogen-bond donors (Lipinski definition) is 1. The number of nitrogens with one attached hydrogen (secondary N) is 1. The molecule has 0 spiro atoms. The van der Waals surface area contributed by atoms with Crippen molar-refractivity contribution in [1.82, 2.24) is 14.7 Å². The van der Waals surface area contributed by atoms with Crippen molar-refractivity contribution in [3.8, 4) is 16.9 Å². The molecule has 0 aliphatic heterocycles. The summed E-state index contributed by atoms with van der Waals surface area (Å²) in [6.07, 6.45) is 0. The van der Waals surface area contributed by atoms with Gasteiger partial charge in [-0.2, -0.15) is 0 Å². The summed E-state index contributed by atoms with van der Waals surface area (Å²) in [5, 5.41) is 14.5. The average molecular weight is 513 g/mol. The zero-order valence-corrected chi connectivity index (χ0v) is 21.4. The number of rotatable bonds is 9. The molecular weight excluding hydrogens is 484 g/mol. The molecule has 1 N–H and O–H groups in total. The molecule has 1 heterocycles. The number of nitro benzene ring substituents is 1. The van der Waals surface area contributed by atoms with E-state index in [4.69, 9.17) is 0 Å². The first-order chi connectivity index (χ1) is 18.2. The number of aromatic amines is 1. The second kappa shape index (κ2) is 11.1. The van der Waals surface area contributed by atoms with Crippen molar-refractivity contribution in [1.29, 1.82) is 0 Å². The van der Waals surface area contributed by atoms with Crippen LogP contribution in [0.4, 0.5) is 5.69 Å². The Morgan fingerprint density at radius 3 is 2.24 bits per heavy atom. The molecule has 0 fully saturated rings. The highest BCUT2D eigenvalue weighted by Gasteiger charge is 2.28. The van der Waals surface area contributed by atoms with Crippen LogP contribution in [-0.4, -0.2) is 44.4 Å². The first-order valence-electron chi connectivity index (χ1n) is 12.2. The van der Waals surface area contributed by atoms with Gasteiger partial charge in [-0.25, -0.2) is 4.68 Å². The molecule has 0 saturated carbocycles. The fourth-order valence-electron chi connectivity index (χ4n) is 4.30. The third-order valence-corrected chi connectivity index (χ3v) is 6.11. The molecule has 0 bridgehead atoms. The summed E-state index contributed by atoms with van der Waals surface area (Å²) in [7, 11) is 0. The Kier molecular flexibility index (Phi) is 7.66. The lowest BCUT2D eigenvalue weighted by Gasteiger charge is -2.24. The lowest BCUT2D eigenvalue weighted by Crippen LogP contribution is -2.39. The zero-order chi connectivity index (χ0) is 27.4. The Balaban J connectivity index is 1.76. The number of carbonyl (C=O) groups is 2. The molecule has 0 unspecified atom stereocenters. The number of amides is 1. The zero-order valence-electron chi connectivity index (χ0n) is 21.4. The summed E-state index contributed by atoms with van der Waals surface area (Å²) in [6, 6.07) is 22.2. The molecule has 4 rings (SSSR count). The van der Waals surface area contributed by atoms with Gasteiger partial charge in [-0.15, -0.1) is 0 Å². The van der Waals surface area contributed by atoms with Gasteiger partial charge in [-0.05, 0) is 31.0 Å². The highest BCUT2D eigenvalue weighted by molar-refractivity contribution is 6.05. The Morgan fingerprint density at radius 1 is 1.00 bits per heavy atom. The topological polar surface area (TPSA) is 118 Å². The molecule has 3 aromatic carbocycles. The van der Waals surface area contributed by atoms with Gasteiger partial charge in [0, 0.05) is 29.3 Å². The molecule has 9 nitrogen and oxygen atoms in total. The minimum atomic E-state index is -0.540. The largest absolute Gasteiger partial charge is 0.331 e. The van der Waals surface area contributed by atoms with Crippen molar-refractivity contribution in [3.63, 3.8) is 0 Å². The molecule has 0 aliphatic carbocycles. The third-order valence-electron chi connectivity index (χ3n) is 6.11. The van der Waals surface area contributed by atoms with Crippen LogP contribution < -0.4 is 5.56 Å². The molecule has 0 aliphatic rings. The van der Waals surface area contributed by atoms with Gasteiger partial charge in [-0.3, -0.25) is 29.6 Å². The molecule has 1 aromatic heterocycles. The highest BCUT2D eigenvalue weighted by atomic mass is 16.6. The summed E-state index contributed by atoms with van der Waals surface area (Å²) in [5.74, 6) is -1.04. The maximum atomic E-state index is 13.7. The SMILES string of the molecule is Cc1ccc(C(=O)N(CC(=O)c2c(-c3ccccc3)[nH]n(-c3ccccc3)c2=O)CC(C)C)cc1[N+](=O)[O-]. The second-order valence-corrected chi connectivity index (χ2v) is 9.47. The molecule has 9 heteroatoms. The number of aromatic nitrogens is 2. The number of aryl methyl sites for hydroxylation is 1. The Bertz CT molecular complexity index is 1540. The number of carbonyl (C=O) groups excluding carboxylic acids is 2. The van der Waals surface area contributed by atoms with Crippen molar-refractivity contribution < 1.29 is 14.5 Å². The van der Waals surface area contributed by atoms with E-state index in [1.165, 1.54) is 27.8 Å². The van der Waals surface area contributed by atoms with Gasteiger partial charge >= 0.3 is 0 Å². The van der Waals surface area contributed by atoms with Gasteiger partial charge in [-0.1, -0.05) is 68.4 Å². The maximum absolute atomic E-state index is 13.7. The molecule has 1 amide bonds. The van der Waals surface area contributed by atoms with Crippen LogP contribution in [0.1, 0.15) is 40.1 Å². The Labute approximate surface area is 219 Å². The van der Waals surface area contributed by atoms with Crippen LogP contribution in [0.3, 0.4) is 0 Å². The molecule has 0 radical (unpaired) electrons. The van der Waals surface area contributed by atoms with Crippen LogP contribution in [0.25, 0.3) is 16.9 Å². The second-order valence-electron chi connectivity index (χ2n) is 9.47. The van der Waals surface area contributed by atoms with Crippen LogP contribution in [0.5, 0.6) is 0 Å². The number of H-pyrrole nitrogens is 1. The van der Waals surface area contributed by atoms with E-state index in [1.54, 1.807) is 55.5 Å². The van der Waals surface area contributed by atoms with E-state index in [0.29, 0.717) is 22.5 Å². The van der Waals surface area contributed by atoms with Crippen molar-refractivity contribution in [2.45, 2.75) is 20.8 Å². The van der Waals surface area contributed by atoms with E-state index in [9.17, 15) is 24.5 Å². The van der Waals surface area contributed by atoms with Crippen LogP contribution in [0.2, 0.25) is 0 Å². The Hall–Kier alpha value is -4.79. The Morgan fingerprint density at radius 2 is 1.63 bits per heavy atom. The summed E-state index contributed by atoms with van der Waals surface area (Å²) in [4.78, 5) is 52.9. The fourth-order valence-corrected chi connectivity index (χ4v) is 4.30. The number of benzene rings is 3. The quantitative estimate of drug-likeness (QED) is 0.192. The number of ketones is 1. The van der Waals surface area contributed by atoms with Gasteiger partial charge in [0.2, 0.25) is 0 Å². The molecular formula is C29H28N4O5. The molecule has 194 valence electrons. The van der Waals surface area contributed by atoms with Crippen LogP contribution >= 0.6 is 0 Å². The van der Waals surface area contributed by atoms with E-state index < -0.39 is 22.2 Å². The van der Waals surface area contributed by atoms with Crippen molar-refractivity contribution >= 4 is 17.4 Å². The fraction of sp³-hybridized carbons (Fsp3) is 0.207. The predicted molar refractivity (Wildman–Crippen MR) is 145 cm³/mol. The minimum absolute atomic E-state index is 0.00739. The number of nitrogens with zero attached hydrogens (tertiary/aromatic N) is 3. The summed E-state index contributed by atoms with van der Waals surface area (Å²) >= 11 is 0. The van der Waals surface area contributed by atoms with E-state index >= 15 is 0 Å². The van der Waals surface area contributed by atoms with Crippen LogP contribution in [-0.2, 0) is 0 Å². The van der Waals surface area contributed by atoms with Crippen LogP contribution in [0, 0.1) is 23.0 Å². The van der Waals surface area contributed by atoms with Crippen molar-refractivity contribution in [3.05, 3.63) is 116 Å². The normalized spacial score (nSPS) is 10.9. The summed E-state index contributed by atoms with van der Waals surface area (Å²) < 4.78 is 1.31. The number of hydrogen-bond acceptors (Lipinski definition) is 5. The van der Waals surface area contributed by atoms with Crippen molar-refractivity contribution in [2.24, 2.45) is 5.92 Å². The monoisotopic (exact) mass is 512 g/mol. The van der Waals surface area contributed by atoms with E-state index in [2.05, 4.69) is 5.10 Å². The third kappa shape index (κ3) is 5.46. The maximum Gasteiger partial charge on any atom is 0.282 e. The van der Waals surface area contributed by atoms with Gasteiger partial charge < -0.3 is 4.90 Å². The predicted octanol–water partition coefficient (Wildman–Crippen LogP) is 5.03. The number of Topliss-reactive ketones (excluding diaryl/α,β-unsaturated/α-hetero) is 1. The molecule has 4 aromatic rings. The summed E-state index contributed by atoms with van der Waals surface area (Å²) in [5.41, 5.74) is 1.35. The highest BCUT2D eigenvalue weighted by Crippen LogP contribution is 2.23. The van der Waals surface area contributed by atoms with E-state index in [-0.39, 0.29) is 35.8 Å². The van der Waals surface area contributed by atoms with Gasteiger partial charge in [0.15, 0.2) is 5.78 Å². The lowest BCUT2D eigenvalue weighted by molar-refractivity contribution is -0.385. The molecule has 0 saturated heterocycles. The smallest absolute Gasteiger partial charge is 0.282 e. The van der Waals surface area contributed by atoms with Crippen molar-refractivity contribution in [2.75, 3.05) is 13.1 Å². The standard InChI is InChI=1S/C29H28N4O5/c1-19(2)17-31(28(35)22-15-14-20(3)24(16-22)33(37)38)18-25(34)26-27(21-10-6-4-7-11-21)30-32(29(26)36)23-12-8-5-9-13-23/h4-16,19,30H,17-18H2,1-3H3. The van der Waals surface area contributed by atoms with Gasteiger partial charge in [0.25, 0.3) is 17.2 Å². The average Bonchev–Trinajstić information content (AvgIpc) is 3.25. The minimum Gasteiger partial charge on any atom is -0.331 e. The van der Waals surface area contributed by atoms with Gasteiger partial charge in [0.05, 0.1) is 22.8 Å². The summed E-state index contributed by atoms with van der Waals surface area (Å²) in [6.45, 7) is 5.26. The first-order valence-corrected chi connectivity index (χ1v) is 12.2. The first kappa shape index (κ1) is 26.3. The lowest BCUT2D eigenvalue weighted by atomic mass is 10.0. The molecule has 0 atom stereocenters. The van der Waals surface area contributed by atoms with E-state index in [0.717, 1.165) is 0 Å². The molecule has 38 heavy (non-hydrogen) atoms. The van der Waals surface area contributed by atoms with Gasteiger partial charge in [0.1, 0.15) is 5.56 Å². The van der Waals surface area contributed by atoms with E-state index in [1.807, 2.05) is 26.0 Å². The number of nitro groups is 1.